The molecular weight excluding hydrogens is 226 g/mol. The molecule has 0 saturated heterocycles. The number of nitrogens with zero attached hydrogens (tertiary/aromatic N) is 2. The Labute approximate surface area is 109 Å². The molecule has 18 heavy (non-hydrogen) atoms. The standard InChI is InChI=1S/C14H23N3O/c1-4-12(5-2)14(18)9-16-8-11-6-13(7-15)17(3)10-11/h6,10,12,14,16,18H,4-5,8-9H2,1-3H3. The number of hydrogen-bond donors (Lipinski definition) is 2. The zero-order valence-electron chi connectivity index (χ0n) is 11.5. The van der Waals surface area contributed by atoms with Gasteiger partial charge in [0, 0.05) is 26.3 Å². The zero-order valence-corrected chi connectivity index (χ0v) is 11.5. The maximum atomic E-state index is 9.97. The summed E-state index contributed by atoms with van der Waals surface area (Å²) in [6.07, 6.45) is 3.65. The van der Waals surface area contributed by atoms with Gasteiger partial charge in [-0.3, -0.25) is 0 Å². The summed E-state index contributed by atoms with van der Waals surface area (Å²) in [4.78, 5) is 0. The van der Waals surface area contributed by atoms with Gasteiger partial charge in [-0.15, -0.1) is 0 Å². The van der Waals surface area contributed by atoms with Crippen LogP contribution in [0.25, 0.3) is 0 Å². The highest BCUT2D eigenvalue weighted by Crippen LogP contribution is 2.12. The van der Waals surface area contributed by atoms with Crippen LogP contribution in [0.5, 0.6) is 0 Å². The first-order valence-corrected chi connectivity index (χ1v) is 6.56. The van der Waals surface area contributed by atoms with E-state index in [1.165, 1.54) is 0 Å². The second-order valence-electron chi connectivity index (χ2n) is 4.73. The molecule has 100 valence electrons. The molecule has 0 amide bonds. The summed E-state index contributed by atoms with van der Waals surface area (Å²) in [6, 6.07) is 4.01. The van der Waals surface area contributed by atoms with E-state index in [4.69, 9.17) is 5.26 Å². The minimum Gasteiger partial charge on any atom is -0.392 e. The lowest BCUT2D eigenvalue weighted by molar-refractivity contribution is 0.101. The summed E-state index contributed by atoms with van der Waals surface area (Å²) in [5.74, 6) is 0.364. The molecule has 0 aliphatic carbocycles. The third-order valence-corrected chi connectivity index (χ3v) is 3.45. The molecule has 2 N–H and O–H groups in total. The van der Waals surface area contributed by atoms with Crippen LogP contribution < -0.4 is 5.32 Å². The lowest BCUT2D eigenvalue weighted by atomic mass is 9.96. The van der Waals surface area contributed by atoms with Crippen LogP contribution in [0.3, 0.4) is 0 Å². The number of aliphatic hydroxyl groups is 1. The topological polar surface area (TPSA) is 61.0 Å². The SMILES string of the molecule is CCC(CC)C(O)CNCc1cc(C#N)n(C)c1. The van der Waals surface area contributed by atoms with Gasteiger partial charge in [0.2, 0.25) is 0 Å². The lowest BCUT2D eigenvalue weighted by Gasteiger charge is -2.20. The van der Waals surface area contributed by atoms with Gasteiger partial charge in [0.25, 0.3) is 0 Å². The molecule has 0 aromatic carbocycles. The number of aromatic nitrogens is 1. The Bertz CT molecular complexity index is 402. The van der Waals surface area contributed by atoms with Gasteiger partial charge in [0.05, 0.1) is 6.10 Å². The Hall–Kier alpha value is -1.31. The largest absolute Gasteiger partial charge is 0.392 e. The van der Waals surface area contributed by atoms with Crippen molar-refractivity contribution in [2.24, 2.45) is 13.0 Å². The quantitative estimate of drug-likeness (QED) is 0.774. The summed E-state index contributed by atoms with van der Waals surface area (Å²) in [6.45, 7) is 5.50. The minimum absolute atomic E-state index is 0.292. The summed E-state index contributed by atoms with van der Waals surface area (Å²) in [7, 11) is 1.86. The molecule has 1 unspecified atom stereocenters. The van der Waals surface area contributed by atoms with Crippen LogP contribution in [0.2, 0.25) is 0 Å². The summed E-state index contributed by atoms with van der Waals surface area (Å²) in [5.41, 5.74) is 1.73. The lowest BCUT2D eigenvalue weighted by Crippen LogP contribution is -2.32. The van der Waals surface area contributed by atoms with Crippen molar-refractivity contribution in [3.63, 3.8) is 0 Å². The fourth-order valence-corrected chi connectivity index (χ4v) is 2.20. The first-order valence-electron chi connectivity index (χ1n) is 6.56. The van der Waals surface area contributed by atoms with Gasteiger partial charge in [0.1, 0.15) is 11.8 Å². The van der Waals surface area contributed by atoms with Crippen LogP contribution in [0.15, 0.2) is 12.3 Å². The number of hydrogen-bond acceptors (Lipinski definition) is 3. The monoisotopic (exact) mass is 249 g/mol. The van der Waals surface area contributed by atoms with E-state index in [0.29, 0.717) is 24.7 Å². The third kappa shape index (κ3) is 3.86. The van der Waals surface area contributed by atoms with E-state index < -0.39 is 0 Å². The smallest absolute Gasteiger partial charge is 0.120 e. The highest BCUT2D eigenvalue weighted by molar-refractivity contribution is 5.28. The molecule has 4 heteroatoms. The third-order valence-electron chi connectivity index (χ3n) is 3.45. The molecular formula is C14H23N3O. The van der Waals surface area contributed by atoms with Crippen LogP contribution in [-0.4, -0.2) is 22.3 Å². The first-order chi connectivity index (χ1) is 8.62. The van der Waals surface area contributed by atoms with E-state index >= 15 is 0 Å². The molecule has 0 radical (unpaired) electrons. The van der Waals surface area contributed by atoms with E-state index in [9.17, 15) is 5.11 Å². The molecule has 1 atom stereocenters. The van der Waals surface area contributed by atoms with Gasteiger partial charge in [-0.05, 0) is 17.5 Å². The number of aryl methyl sites for hydroxylation is 1. The molecule has 4 nitrogen and oxygen atoms in total. The van der Waals surface area contributed by atoms with Gasteiger partial charge in [-0.2, -0.15) is 5.26 Å². The van der Waals surface area contributed by atoms with Crippen molar-refractivity contribution in [1.82, 2.24) is 9.88 Å². The molecule has 0 bridgehead atoms. The molecule has 0 fully saturated rings. The molecule has 1 aromatic rings. The van der Waals surface area contributed by atoms with Crippen molar-refractivity contribution in [2.45, 2.75) is 39.3 Å². The Morgan fingerprint density at radius 3 is 2.61 bits per heavy atom. The molecule has 0 aliphatic heterocycles. The fraction of sp³-hybridized carbons (Fsp3) is 0.643. The molecule has 1 rings (SSSR count). The van der Waals surface area contributed by atoms with Gasteiger partial charge in [-0.1, -0.05) is 26.7 Å². The van der Waals surface area contributed by atoms with E-state index in [1.807, 2.05) is 23.9 Å². The summed E-state index contributed by atoms with van der Waals surface area (Å²) >= 11 is 0. The number of rotatable bonds is 7. The summed E-state index contributed by atoms with van der Waals surface area (Å²) < 4.78 is 1.81. The van der Waals surface area contributed by atoms with Gasteiger partial charge < -0.3 is 15.0 Å². The average molecular weight is 249 g/mol. The molecule has 0 spiro atoms. The van der Waals surface area contributed by atoms with E-state index in [2.05, 4.69) is 25.2 Å². The molecule has 0 aliphatic rings. The molecule has 1 aromatic heterocycles. The Kier molecular flexibility index (Phi) is 5.90. The van der Waals surface area contributed by atoms with Crippen LogP contribution in [-0.2, 0) is 13.6 Å². The Morgan fingerprint density at radius 1 is 1.44 bits per heavy atom. The van der Waals surface area contributed by atoms with Crippen LogP contribution in [0, 0.1) is 17.2 Å². The van der Waals surface area contributed by atoms with Crippen molar-refractivity contribution >= 4 is 0 Å². The second kappa shape index (κ2) is 7.20. The second-order valence-corrected chi connectivity index (χ2v) is 4.73. The van der Waals surface area contributed by atoms with Crippen molar-refractivity contribution in [1.29, 1.82) is 5.26 Å². The fourth-order valence-electron chi connectivity index (χ4n) is 2.20. The van der Waals surface area contributed by atoms with Crippen LogP contribution in [0.4, 0.5) is 0 Å². The van der Waals surface area contributed by atoms with Gasteiger partial charge in [0.15, 0.2) is 0 Å². The van der Waals surface area contributed by atoms with Crippen molar-refractivity contribution in [3.05, 3.63) is 23.5 Å². The highest BCUT2D eigenvalue weighted by Gasteiger charge is 2.14. The minimum atomic E-state index is -0.292. The van der Waals surface area contributed by atoms with Crippen LogP contribution >= 0.6 is 0 Å². The first kappa shape index (κ1) is 14.7. The van der Waals surface area contributed by atoms with Crippen molar-refractivity contribution in [3.8, 4) is 6.07 Å². The number of aliphatic hydroxyl groups excluding tert-OH is 1. The molecule has 1 heterocycles. The molecule has 0 saturated carbocycles. The Balaban J connectivity index is 2.39. The number of nitriles is 1. The maximum Gasteiger partial charge on any atom is 0.120 e. The van der Waals surface area contributed by atoms with Gasteiger partial charge >= 0.3 is 0 Å². The van der Waals surface area contributed by atoms with E-state index in [-0.39, 0.29) is 6.10 Å². The van der Waals surface area contributed by atoms with Crippen molar-refractivity contribution < 1.29 is 5.11 Å². The average Bonchev–Trinajstić information content (AvgIpc) is 2.71. The Morgan fingerprint density at radius 2 is 2.11 bits per heavy atom. The highest BCUT2D eigenvalue weighted by atomic mass is 16.3. The normalized spacial score (nSPS) is 12.7. The zero-order chi connectivity index (χ0) is 13.5. The van der Waals surface area contributed by atoms with Crippen LogP contribution in [0.1, 0.15) is 37.9 Å². The maximum absolute atomic E-state index is 9.97. The predicted molar refractivity (Wildman–Crippen MR) is 71.9 cm³/mol. The number of nitrogens with one attached hydrogen (secondary N) is 1. The predicted octanol–water partition coefficient (Wildman–Crippen LogP) is 1.78. The van der Waals surface area contributed by atoms with Crippen molar-refractivity contribution in [2.75, 3.05) is 6.54 Å². The summed E-state index contributed by atoms with van der Waals surface area (Å²) in [5, 5.41) is 22.1. The van der Waals surface area contributed by atoms with E-state index in [0.717, 1.165) is 18.4 Å². The van der Waals surface area contributed by atoms with E-state index in [1.54, 1.807) is 0 Å². The van der Waals surface area contributed by atoms with Gasteiger partial charge in [-0.25, -0.2) is 0 Å².